The van der Waals surface area contributed by atoms with Gasteiger partial charge in [0.05, 0.1) is 12.5 Å². The molecule has 1 saturated heterocycles. The summed E-state index contributed by atoms with van der Waals surface area (Å²) in [4.78, 5) is 6.40. The van der Waals surface area contributed by atoms with Crippen LogP contribution < -0.4 is 5.73 Å². The maximum absolute atomic E-state index is 12.2. The summed E-state index contributed by atoms with van der Waals surface area (Å²) >= 11 is 0. The SMILES string of the molecule is CC(N)C1CCCN(S(=O)(=O)c2cnc[nH]2)C1. The fraction of sp³-hybridized carbons (Fsp3) is 0.700. The molecule has 0 radical (unpaired) electrons. The van der Waals surface area contributed by atoms with E-state index in [0.29, 0.717) is 13.1 Å². The molecule has 17 heavy (non-hydrogen) atoms. The van der Waals surface area contributed by atoms with Crippen LogP contribution in [0.15, 0.2) is 17.6 Å². The van der Waals surface area contributed by atoms with Crippen LogP contribution in [0.1, 0.15) is 19.8 Å². The van der Waals surface area contributed by atoms with Gasteiger partial charge in [0.2, 0.25) is 0 Å². The van der Waals surface area contributed by atoms with E-state index in [1.165, 1.54) is 16.8 Å². The second-order valence-corrected chi connectivity index (χ2v) is 6.45. The number of rotatable bonds is 3. The normalized spacial score (nSPS) is 24.7. The Hall–Kier alpha value is -0.920. The lowest BCUT2D eigenvalue weighted by Crippen LogP contribution is -2.45. The van der Waals surface area contributed by atoms with Gasteiger partial charge in [-0.15, -0.1) is 0 Å². The molecule has 1 aliphatic rings. The third kappa shape index (κ3) is 2.51. The first-order chi connectivity index (χ1) is 8.01. The number of hydrogen-bond acceptors (Lipinski definition) is 4. The fourth-order valence-corrected chi connectivity index (χ4v) is 3.58. The summed E-state index contributed by atoms with van der Waals surface area (Å²) < 4.78 is 26.0. The van der Waals surface area contributed by atoms with Crippen molar-refractivity contribution in [1.29, 1.82) is 0 Å². The number of imidazole rings is 1. The van der Waals surface area contributed by atoms with Gasteiger partial charge in [-0.05, 0) is 25.7 Å². The Balaban J connectivity index is 2.17. The summed E-state index contributed by atoms with van der Waals surface area (Å²) in [5.41, 5.74) is 5.85. The van der Waals surface area contributed by atoms with E-state index >= 15 is 0 Å². The summed E-state index contributed by atoms with van der Waals surface area (Å²) in [5, 5.41) is 0.155. The van der Waals surface area contributed by atoms with Crippen LogP contribution in [-0.4, -0.2) is 41.8 Å². The van der Waals surface area contributed by atoms with E-state index in [4.69, 9.17) is 5.73 Å². The zero-order valence-electron chi connectivity index (χ0n) is 9.83. The maximum Gasteiger partial charge on any atom is 0.260 e. The van der Waals surface area contributed by atoms with Crippen LogP contribution in [0.4, 0.5) is 0 Å². The molecule has 0 amide bonds. The van der Waals surface area contributed by atoms with Crippen molar-refractivity contribution >= 4 is 10.0 Å². The van der Waals surface area contributed by atoms with E-state index in [1.807, 2.05) is 6.92 Å². The second-order valence-electron chi connectivity index (χ2n) is 4.54. The molecule has 2 rings (SSSR count). The summed E-state index contributed by atoms with van der Waals surface area (Å²) in [7, 11) is -3.43. The summed E-state index contributed by atoms with van der Waals surface area (Å²) in [6.07, 6.45) is 4.57. The van der Waals surface area contributed by atoms with Crippen molar-refractivity contribution in [3.8, 4) is 0 Å². The Morgan fingerprint density at radius 3 is 3.00 bits per heavy atom. The molecule has 2 unspecified atom stereocenters. The molecular weight excluding hydrogens is 240 g/mol. The largest absolute Gasteiger partial charge is 0.335 e. The van der Waals surface area contributed by atoms with Crippen molar-refractivity contribution in [3.63, 3.8) is 0 Å². The number of hydrogen-bond donors (Lipinski definition) is 2. The van der Waals surface area contributed by atoms with Gasteiger partial charge >= 0.3 is 0 Å². The van der Waals surface area contributed by atoms with Gasteiger partial charge < -0.3 is 10.7 Å². The van der Waals surface area contributed by atoms with Crippen molar-refractivity contribution in [2.75, 3.05) is 13.1 Å². The lowest BCUT2D eigenvalue weighted by molar-refractivity contribution is 0.243. The molecule has 0 bridgehead atoms. The zero-order chi connectivity index (χ0) is 12.5. The van der Waals surface area contributed by atoms with Crippen LogP contribution in [0, 0.1) is 5.92 Å². The average Bonchev–Trinajstić information content (AvgIpc) is 2.83. The number of nitrogens with one attached hydrogen (secondary N) is 1. The van der Waals surface area contributed by atoms with Gasteiger partial charge in [0.1, 0.15) is 0 Å². The number of piperidine rings is 1. The van der Waals surface area contributed by atoms with E-state index in [0.717, 1.165) is 12.8 Å². The highest BCUT2D eigenvalue weighted by atomic mass is 32.2. The van der Waals surface area contributed by atoms with Crippen LogP contribution >= 0.6 is 0 Å². The van der Waals surface area contributed by atoms with Crippen molar-refractivity contribution in [1.82, 2.24) is 14.3 Å². The third-order valence-electron chi connectivity index (χ3n) is 3.26. The van der Waals surface area contributed by atoms with Crippen LogP contribution in [-0.2, 0) is 10.0 Å². The Bertz CT molecular complexity index is 455. The smallest absolute Gasteiger partial charge is 0.260 e. The van der Waals surface area contributed by atoms with Crippen molar-refractivity contribution in [3.05, 3.63) is 12.5 Å². The lowest BCUT2D eigenvalue weighted by Gasteiger charge is -2.33. The van der Waals surface area contributed by atoms with Crippen LogP contribution in [0.25, 0.3) is 0 Å². The summed E-state index contributed by atoms with van der Waals surface area (Å²) in [6, 6.07) is 0.0229. The molecule has 1 aromatic heterocycles. The topological polar surface area (TPSA) is 92.1 Å². The molecule has 1 aliphatic heterocycles. The van der Waals surface area contributed by atoms with E-state index in [1.54, 1.807) is 0 Å². The first kappa shape index (κ1) is 12.5. The first-order valence-corrected chi connectivity index (χ1v) is 7.20. The minimum Gasteiger partial charge on any atom is -0.335 e. The summed E-state index contributed by atoms with van der Waals surface area (Å²) in [6.45, 7) is 2.99. The molecular formula is C10H18N4O2S. The highest BCUT2D eigenvalue weighted by molar-refractivity contribution is 7.89. The zero-order valence-corrected chi connectivity index (χ0v) is 10.7. The molecule has 1 aromatic rings. The molecule has 1 fully saturated rings. The molecule has 3 N–H and O–H groups in total. The van der Waals surface area contributed by atoms with E-state index in [2.05, 4.69) is 9.97 Å². The van der Waals surface area contributed by atoms with Crippen molar-refractivity contribution in [2.24, 2.45) is 11.7 Å². The van der Waals surface area contributed by atoms with Crippen LogP contribution in [0.2, 0.25) is 0 Å². The van der Waals surface area contributed by atoms with Gasteiger partial charge in [-0.3, -0.25) is 0 Å². The molecule has 2 heterocycles. The Labute approximate surface area is 101 Å². The van der Waals surface area contributed by atoms with Crippen molar-refractivity contribution < 1.29 is 8.42 Å². The molecule has 96 valence electrons. The Morgan fingerprint density at radius 1 is 1.65 bits per heavy atom. The lowest BCUT2D eigenvalue weighted by atomic mass is 9.93. The number of H-pyrrole nitrogens is 1. The van der Waals surface area contributed by atoms with Gasteiger partial charge in [0, 0.05) is 19.1 Å². The average molecular weight is 258 g/mol. The Kier molecular flexibility index (Phi) is 3.50. The molecule has 0 saturated carbocycles. The quantitative estimate of drug-likeness (QED) is 0.807. The van der Waals surface area contributed by atoms with Crippen molar-refractivity contribution in [2.45, 2.75) is 30.8 Å². The standard InChI is InChI=1S/C10H18N4O2S/c1-8(11)9-3-2-4-14(6-9)17(15,16)10-5-12-7-13-10/h5,7-9H,2-4,6,11H2,1H3,(H,12,13). The van der Waals surface area contributed by atoms with Gasteiger partial charge in [-0.25, -0.2) is 13.4 Å². The maximum atomic E-state index is 12.2. The molecule has 0 aromatic carbocycles. The molecule has 6 nitrogen and oxygen atoms in total. The molecule has 2 atom stereocenters. The van der Waals surface area contributed by atoms with Crippen LogP contribution in [0.5, 0.6) is 0 Å². The molecule has 7 heteroatoms. The fourth-order valence-electron chi connectivity index (χ4n) is 2.14. The monoisotopic (exact) mass is 258 g/mol. The third-order valence-corrected chi connectivity index (χ3v) is 5.05. The molecule has 0 aliphatic carbocycles. The van der Waals surface area contributed by atoms with Gasteiger partial charge in [0.25, 0.3) is 10.0 Å². The van der Waals surface area contributed by atoms with E-state index in [-0.39, 0.29) is 17.0 Å². The highest BCUT2D eigenvalue weighted by Gasteiger charge is 2.32. The van der Waals surface area contributed by atoms with E-state index in [9.17, 15) is 8.42 Å². The van der Waals surface area contributed by atoms with Gasteiger partial charge in [-0.2, -0.15) is 4.31 Å². The summed E-state index contributed by atoms with van der Waals surface area (Å²) in [5.74, 6) is 0.237. The first-order valence-electron chi connectivity index (χ1n) is 5.76. The minimum absolute atomic E-state index is 0.0229. The minimum atomic E-state index is -3.43. The highest BCUT2D eigenvalue weighted by Crippen LogP contribution is 2.23. The predicted molar refractivity (Wildman–Crippen MR) is 63.7 cm³/mol. The molecule has 0 spiro atoms. The predicted octanol–water partition coefficient (Wildman–Crippen LogP) is 0.158. The number of aromatic amines is 1. The van der Waals surface area contributed by atoms with Gasteiger partial charge in [0.15, 0.2) is 5.03 Å². The number of nitrogens with zero attached hydrogens (tertiary/aromatic N) is 2. The Morgan fingerprint density at radius 2 is 2.41 bits per heavy atom. The number of sulfonamides is 1. The number of aromatic nitrogens is 2. The number of nitrogens with two attached hydrogens (primary N) is 1. The second kappa shape index (κ2) is 4.75. The van der Waals surface area contributed by atoms with E-state index < -0.39 is 10.0 Å². The van der Waals surface area contributed by atoms with Gasteiger partial charge in [-0.1, -0.05) is 0 Å². The van der Waals surface area contributed by atoms with Crippen LogP contribution in [0.3, 0.4) is 0 Å².